The molecule has 2 aromatic carbocycles. The molecule has 6 heteroatoms. The van der Waals surface area contributed by atoms with Crippen molar-refractivity contribution in [1.82, 2.24) is 10.4 Å². The van der Waals surface area contributed by atoms with E-state index in [-0.39, 0.29) is 5.96 Å². The van der Waals surface area contributed by atoms with Gasteiger partial charge in [0.1, 0.15) is 0 Å². The third kappa shape index (κ3) is 2.66. The maximum atomic E-state index is 7.09. The van der Waals surface area contributed by atoms with Crippen molar-refractivity contribution in [2.45, 2.75) is 0 Å². The fourth-order valence-corrected chi connectivity index (χ4v) is 2.70. The second kappa shape index (κ2) is 5.91. The number of H-pyrrole nitrogens is 1. The van der Waals surface area contributed by atoms with Crippen LogP contribution in [0.2, 0.25) is 5.02 Å². The van der Waals surface area contributed by atoms with Gasteiger partial charge < -0.3 is 10.7 Å². The lowest BCUT2D eigenvalue weighted by Crippen LogP contribution is -2.25. The van der Waals surface area contributed by atoms with Crippen molar-refractivity contribution in [3.63, 3.8) is 0 Å². The van der Waals surface area contributed by atoms with Gasteiger partial charge in [0.15, 0.2) is 0 Å². The van der Waals surface area contributed by atoms with E-state index in [0.29, 0.717) is 5.02 Å². The van der Waals surface area contributed by atoms with Gasteiger partial charge in [-0.3, -0.25) is 5.41 Å². The van der Waals surface area contributed by atoms with E-state index in [1.807, 2.05) is 48.7 Å². The van der Waals surface area contributed by atoms with Crippen LogP contribution in [0.4, 0.5) is 0 Å². The predicted molar refractivity (Wildman–Crippen MR) is 91.4 cm³/mol. The van der Waals surface area contributed by atoms with Gasteiger partial charge in [-0.15, -0.1) is 0 Å². The Kier molecular flexibility index (Phi) is 3.80. The average molecular weight is 312 g/mol. The number of guanidine groups is 1. The monoisotopic (exact) mass is 311 g/mol. The van der Waals surface area contributed by atoms with Gasteiger partial charge in [0.2, 0.25) is 5.96 Å². The second-order valence-electron chi connectivity index (χ2n) is 4.74. The second-order valence-corrected chi connectivity index (χ2v) is 5.12. The van der Waals surface area contributed by atoms with E-state index in [4.69, 9.17) is 22.7 Å². The van der Waals surface area contributed by atoms with Gasteiger partial charge in [0.25, 0.3) is 0 Å². The maximum absolute atomic E-state index is 7.09. The number of aromatic nitrogens is 1. The fourth-order valence-electron chi connectivity index (χ4n) is 2.32. The van der Waals surface area contributed by atoms with Crippen molar-refractivity contribution in [2.24, 2.45) is 10.8 Å². The van der Waals surface area contributed by atoms with Crippen LogP contribution in [0.25, 0.3) is 22.0 Å². The van der Waals surface area contributed by atoms with Crippen molar-refractivity contribution in [3.05, 3.63) is 59.2 Å². The summed E-state index contributed by atoms with van der Waals surface area (Å²) < 4.78 is 0. The summed E-state index contributed by atoms with van der Waals surface area (Å²) in [6.07, 6.45) is 3.40. The van der Waals surface area contributed by atoms with E-state index >= 15 is 0 Å². The lowest BCUT2D eigenvalue weighted by molar-refractivity contribution is 1.00. The number of nitrogens with two attached hydrogens (primary N) is 1. The molecule has 3 aromatic rings. The molecule has 0 fully saturated rings. The molecule has 0 unspecified atom stereocenters. The normalized spacial score (nSPS) is 11.1. The third-order valence-electron chi connectivity index (χ3n) is 3.29. The van der Waals surface area contributed by atoms with Gasteiger partial charge in [0.05, 0.1) is 11.2 Å². The van der Waals surface area contributed by atoms with Crippen LogP contribution in [-0.2, 0) is 0 Å². The molecule has 5 nitrogen and oxygen atoms in total. The topological polar surface area (TPSA) is 90.1 Å². The highest BCUT2D eigenvalue weighted by Crippen LogP contribution is 2.35. The summed E-state index contributed by atoms with van der Waals surface area (Å²) in [6.45, 7) is 0. The Morgan fingerprint density at radius 3 is 2.73 bits per heavy atom. The SMILES string of the molecule is N=C(N)NN=Cc1c[nH]c2ccc(-c3ccccc3)c(Cl)c12. The average Bonchev–Trinajstić information content (AvgIpc) is 2.92. The molecular formula is C16H14ClN5. The standard InChI is InChI=1S/C16H14ClN5/c17-15-12(10-4-2-1-3-5-10)6-7-13-14(15)11(8-20-13)9-21-22-16(18)19/h1-9,20H,(H4,18,19,22). The van der Waals surface area contributed by atoms with Crippen LogP contribution in [0.15, 0.2) is 53.8 Å². The Morgan fingerprint density at radius 1 is 1.23 bits per heavy atom. The highest BCUT2D eigenvalue weighted by atomic mass is 35.5. The molecule has 0 saturated carbocycles. The van der Waals surface area contributed by atoms with Gasteiger partial charge >= 0.3 is 0 Å². The van der Waals surface area contributed by atoms with Crippen LogP contribution in [0.5, 0.6) is 0 Å². The van der Waals surface area contributed by atoms with Crippen molar-refractivity contribution < 1.29 is 0 Å². The molecule has 0 atom stereocenters. The first-order chi connectivity index (χ1) is 10.7. The Labute approximate surface area is 132 Å². The lowest BCUT2D eigenvalue weighted by Gasteiger charge is -2.06. The first-order valence-corrected chi connectivity index (χ1v) is 7.02. The first kappa shape index (κ1) is 14.2. The number of rotatable bonds is 3. The summed E-state index contributed by atoms with van der Waals surface area (Å²) in [5.74, 6) is -0.216. The number of hydrogen-bond acceptors (Lipinski definition) is 2. The number of nitrogens with one attached hydrogen (secondary N) is 3. The van der Waals surface area contributed by atoms with Gasteiger partial charge in [-0.2, -0.15) is 5.10 Å². The first-order valence-electron chi connectivity index (χ1n) is 6.65. The minimum atomic E-state index is -0.216. The van der Waals surface area contributed by atoms with Crippen molar-refractivity contribution in [1.29, 1.82) is 5.41 Å². The van der Waals surface area contributed by atoms with Crippen LogP contribution in [0.3, 0.4) is 0 Å². The summed E-state index contributed by atoms with van der Waals surface area (Å²) in [7, 11) is 0. The number of fused-ring (bicyclic) bond motifs is 1. The van der Waals surface area contributed by atoms with Gasteiger partial charge in [0, 0.05) is 28.2 Å². The van der Waals surface area contributed by atoms with Gasteiger partial charge in [-0.05, 0) is 11.6 Å². The molecule has 0 bridgehead atoms. The summed E-state index contributed by atoms with van der Waals surface area (Å²) in [5, 5.41) is 12.5. The minimum absolute atomic E-state index is 0.216. The van der Waals surface area contributed by atoms with Crippen molar-refractivity contribution >= 4 is 34.7 Å². The number of halogens is 1. The number of nitrogens with zero attached hydrogens (tertiary/aromatic N) is 1. The lowest BCUT2D eigenvalue weighted by atomic mass is 10.0. The summed E-state index contributed by atoms with van der Waals surface area (Å²) >= 11 is 6.60. The van der Waals surface area contributed by atoms with Gasteiger partial charge in [-0.1, -0.05) is 48.0 Å². The molecule has 0 radical (unpaired) electrons. The van der Waals surface area contributed by atoms with Crippen LogP contribution >= 0.6 is 11.6 Å². The molecule has 3 rings (SSSR count). The molecular weight excluding hydrogens is 298 g/mol. The highest BCUT2D eigenvalue weighted by Gasteiger charge is 2.11. The maximum Gasteiger partial charge on any atom is 0.206 e. The molecule has 110 valence electrons. The summed E-state index contributed by atoms with van der Waals surface area (Å²) in [4.78, 5) is 3.16. The molecule has 0 amide bonds. The molecule has 1 heterocycles. The Morgan fingerprint density at radius 2 is 2.00 bits per heavy atom. The smallest absolute Gasteiger partial charge is 0.206 e. The molecule has 1 aromatic heterocycles. The predicted octanol–water partition coefficient (Wildman–Crippen LogP) is 3.31. The largest absolute Gasteiger partial charge is 0.369 e. The van der Waals surface area contributed by atoms with Crippen LogP contribution < -0.4 is 11.2 Å². The highest BCUT2D eigenvalue weighted by molar-refractivity contribution is 6.39. The van der Waals surface area contributed by atoms with Crippen molar-refractivity contribution in [3.8, 4) is 11.1 Å². The zero-order valence-electron chi connectivity index (χ0n) is 11.6. The van der Waals surface area contributed by atoms with E-state index in [9.17, 15) is 0 Å². The quantitative estimate of drug-likeness (QED) is 0.339. The molecule has 0 spiro atoms. The molecule has 0 aliphatic rings. The van der Waals surface area contributed by atoms with Crippen molar-refractivity contribution in [2.75, 3.05) is 0 Å². The van der Waals surface area contributed by atoms with E-state index in [1.165, 1.54) is 0 Å². The zero-order chi connectivity index (χ0) is 15.5. The number of benzene rings is 2. The summed E-state index contributed by atoms with van der Waals surface area (Å²) in [6, 6.07) is 13.9. The number of hydrogen-bond donors (Lipinski definition) is 4. The Balaban J connectivity index is 2.10. The van der Waals surface area contributed by atoms with Crippen LogP contribution in [-0.4, -0.2) is 17.2 Å². The Hall–Kier alpha value is -2.79. The van der Waals surface area contributed by atoms with Crippen LogP contribution in [0.1, 0.15) is 5.56 Å². The summed E-state index contributed by atoms with van der Waals surface area (Å²) in [5.41, 5.74) is 11.4. The number of aromatic amines is 1. The zero-order valence-corrected chi connectivity index (χ0v) is 12.4. The van der Waals surface area contributed by atoms with Crippen LogP contribution in [0, 0.1) is 5.41 Å². The van der Waals surface area contributed by atoms with Gasteiger partial charge in [-0.25, -0.2) is 5.43 Å². The molecule has 5 N–H and O–H groups in total. The molecule has 0 aliphatic heterocycles. The van der Waals surface area contributed by atoms with E-state index < -0.39 is 0 Å². The molecule has 0 saturated heterocycles. The molecule has 0 aliphatic carbocycles. The van der Waals surface area contributed by atoms with E-state index in [2.05, 4.69) is 15.5 Å². The molecule has 22 heavy (non-hydrogen) atoms. The Bertz CT molecular complexity index is 852. The third-order valence-corrected chi connectivity index (χ3v) is 3.68. The number of hydrazone groups is 1. The van der Waals surface area contributed by atoms with E-state index in [1.54, 1.807) is 6.21 Å². The minimum Gasteiger partial charge on any atom is -0.369 e. The van der Waals surface area contributed by atoms with E-state index in [0.717, 1.165) is 27.6 Å². The fraction of sp³-hybridized carbons (Fsp3) is 0.